The zero-order valence-electron chi connectivity index (χ0n) is 11.1. The van der Waals surface area contributed by atoms with Crippen LogP contribution in [-0.4, -0.2) is 18.2 Å². The fourth-order valence-corrected chi connectivity index (χ4v) is 2.44. The molecule has 21 heavy (non-hydrogen) atoms. The quantitative estimate of drug-likeness (QED) is 0.857. The van der Waals surface area contributed by atoms with Gasteiger partial charge in [-0.3, -0.25) is 0 Å². The number of carbonyl (C=O) groups is 1. The highest BCUT2D eigenvalue weighted by molar-refractivity contribution is 9.10. The summed E-state index contributed by atoms with van der Waals surface area (Å²) in [7, 11) is 1.55. The lowest BCUT2D eigenvalue weighted by Gasteiger charge is -2.17. The van der Waals surface area contributed by atoms with Crippen LogP contribution in [0, 0.1) is 5.82 Å². The van der Waals surface area contributed by atoms with Gasteiger partial charge < -0.3 is 15.2 Å². The molecule has 0 heterocycles. The van der Waals surface area contributed by atoms with Crippen molar-refractivity contribution >= 4 is 27.6 Å². The molecule has 4 nitrogen and oxygen atoms in total. The van der Waals surface area contributed by atoms with Crippen LogP contribution in [0.2, 0.25) is 0 Å². The van der Waals surface area contributed by atoms with Gasteiger partial charge in [0.15, 0.2) is 6.04 Å². The molecule has 1 atom stereocenters. The first kappa shape index (κ1) is 15.3. The number of aliphatic carboxylic acids is 1. The predicted octanol–water partition coefficient (Wildman–Crippen LogP) is 3.83. The van der Waals surface area contributed by atoms with Crippen molar-refractivity contribution in [2.45, 2.75) is 6.04 Å². The second-order valence-electron chi connectivity index (χ2n) is 4.31. The average molecular weight is 354 g/mol. The molecule has 110 valence electrons. The van der Waals surface area contributed by atoms with E-state index in [4.69, 9.17) is 4.74 Å². The Morgan fingerprint density at radius 2 is 1.95 bits per heavy atom. The van der Waals surface area contributed by atoms with Crippen molar-refractivity contribution < 1.29 is 19.0 Å². The van der Waals surface area contributed by atoms with Crippen molar-refractivity contribution in [1.82, 2.24) is 0 Å². The Labute approximate surface area is 129 Å². The van der Waals surface area contributed by atoms with Crippen LogP contribution in [0.3, 0.4) is 0 Å². The van der Waals surface area contributed by atoms with E-state index in [0.717, 1.165) is 0 Å². The normalized spacial score (nSPS) is 11.8. The van der Waals surface area contributed by atoms with E-state index in [2.05, 4.69) is 21.2 Å². The molecule has 0 aliphatic rings. The Hall–Kier alpha value is -2.08. The number of rotatable bonds is 5. The van der Waals surface area contributed by atoms with Crippen LogP contribution in [0.1, 0.15) is 11.6 Å². The lowest BCUT2D eigenvalue weighted by Crippen LogP contribution is -2.21. The number of methoxy groups -OCH3 is 1. The van der Waals surface area contributed by atoms with Gasteiger partial charge in [0.25, 0.3) is 0 Å². The molecule has 1 unspecified atom stereocenters. The molecule has 2 N–H and O–H groups in total. The van der Waals surface area contributed by atoms with Gasteiger partial charge in [-0.05, 0) is 42.0 Å². The fraction of sp³-hybridized carbons (Fsp3) is 0.133. The first-order chi connectivity index (χ1) is 10.0. The maximum Gasteiger partial charge on any atom is 0.330 e. The number of nitrogens with one attached hydrogen (secondary N) is 1. The average Bonchev–Trinajstić information content (AvgIpc) is 2.46. The second-order valence-corrected chi connectivity index (χ2v) is 5.16. The molecule has 2 rings (SSSR count). The van der Waals surface area contributed by atoms with E-state index in [9.17, 15) is 14.3 Å². The second kappa shape index (κ2) is 6.58. The molecule has 0 aliphatic carbocycles. The molecule has 6 heteroatoms. The van der Waals surface area contributed by atoms with Gasteiger partial charge in [0.2, 0.25) is 0 Å². The van der Waals surface area contributed by atoms with Crippen LogP contribution in [-0.2, 0) is 4.79 Å². The van der Waals surface area contributed by atoms with Gasteiger partial charge in [-0.25, -0.2) is 9.18 Å². The summed E-state index contributed by atoms with van der Waals surface area (Å²) < 4.78 is 18.6. The van der Waals surface area contributed by atoms with Crippen molar-refractivity contribution in [3.63, 3.8) is 0 Å². The molecule has 0 amide bonds. The van der Waals surface area contributed by atoms with Gasteiger partial charge in [0.05, 0.1) is 7.11 Å². The van der Waals surface area contributed by atoms with Crippen molar-refractivity contribution in [2.24, 2.45) is 0 Å². The molecular formula is C15H13BrFNO3. The van der Waals surface area contributed by atoms with E-state index < -0.39 is 17.8 Å². The number of halogens is 2. The van der Waals surface area contributed by atoms with Gasteiger partial charge in [-0.15, -0.1) is 0 Å². The van der Waals surface area contributed by atoms with Gasteiger partial charge in [-0.2, -0.15) is 0 Å². The summed E-state index contributed by atoms with van der Waals surface area (Å²) >= 11 is 3.19. The topological polar surface area (TPSA) is 58.6 Å². The molecular weight excluding hydrogens is 341 g/mol. The Balaban J connectivity index is 2.28. The highest BCUT2D eigenvalue weighted by Gasteiger charge is 2.22. The van der Waals surface area contributed by atoms with Crippen molar-refractivity contribution in [1.29, 1.82) is 0 Å². The summed E-state index contributed by atoms with van der Waals surface area (Å²) in [6.07, 6.45) is 0. The molecule has 0 radical (unpaired) electrons. The number of hydrogen-bond donors (Lipinski definition) is 2. The van der Waals surface area contributed by atoms with Crippen LogP contribution in [0.15, 0.2) is 46.9 Å². The number of carboxylic acid groups (broad SMARTS) is 1. The van der Waals surface area contributed by atoms with Crippen LogP contribution in [0.5, 0.6) is 5.75 Å². The minimum Gasteiger partial charge on any atom is -0.497 e. The highest BCUT2D eigenvalue weighted by Crippen LogP contribution is 2.28. The summed E-state index contributed by atoms with van der Waals surface area (Å²) in [6.45, 7) is 0. The first-order valence-corrected chi connectivity index (χ1v) is 6.89. The Morgan fingerprint density at radius 3 is 2.48 bits per heavy atom. The SMILES string of the molecule is COc1ccc(NC(C(=O)O)c2ccc(F)cc2Br)cc1. The molecule has 0 saturated heterocycles. The molecule has 0 aliphatic heterocycles. The summed E-state index contributed by atoms with van der Waals surface area (Å²) in [4.78, 5) is 11.5. The van der Waals surface area contributed by atoms with Crippen molar-refractivity contribution in [3.05, 3.63) is 58.3 Å². The number of ether oxygens (including phenoxy) is 1. The lowest BCUT2D eigenvalue weighted by molar-refractivity contribution is -0.138. The fourth-order valence-electron chi connectivity index (χ4n) is 1.86. The van der Waals surface area contributed by atoms with E-state index in [1.165, 1.54) is 18.2 Å². The number of benzene rings is 2. The van der Waals surface area contributed by atoms with Crippen molar-refractivity contribution in [2.75, 3.05) is 12.4 Å². The first-order valence-electron chi connectivity index (χ1n) is 6.09. The van der Waals surface area contributed by atoms with Crippen molar-refractivity contribution in [3.8, 4) is 5.75 Å². The number of hydrogen-bond acceptors (Lipinski definition) is 3. The maximum atomic E-state index is 13.1. The van der Waals surface area contributed by atoms with Crippen LogP contribution >= 0.6 is 15.9 Å². The minimum absolute atomic E-state index is 0.399. The van der Waals surface area contributed by atoms with Gasteiger partial charge in [0.1, 0.15) is 11.6 Å². The zero-order valence-corrected chi connectivity index (χ0v) is 12.7. The van der Waals surface area contributed by atoms with E-state index >= 15 is 0 Å². The third kappa shape index (κ3) is 3.72. The Bertz CT molecular complexity index is 646. The van der Waals surface area contributed by atoms with E-state index in [1.807, 2.05) is 0 Å². The third-order valence-corrected chi connectivity index (χ3v) is 3.61. The molecule has 0 fully saturated rings. The maximum absolute atomic E-state index is 13.1. The largest absolute Gasteiger partial charge is 0.497 e. The minimum atomic E-state index is -1.06. The van der Waals surface area contributed by atoms with Crippen LogP contribution in [0.25, 0.3) is 0 Å². The highest BCUT2D eigenvalue weighted by atomic mass is 79.9. The number of anilines is 1. The molecule has 2 aromatic carbocycles. The predicted molar refractivity (Wildman–Crippen MR) is 81.1 cm³/mol. The van der Waals surface area contributed by atoms with Crippen LogP contribution in [0.4, 0.5) is 10.1 Å². The smallest absolute Gasteiger partial charge is 0.330 e. The van der Waals surface area contributed by atoms with Gasteiger partial charge >= 0.3 is 5.97 Å². The van der Waals surface area contributed by atoms with Gasteiger partial charge in [-0.1, -0.05) is 22.0 Å². The Morgan fingerprint density at radius 1 is 1.29 bits per heavy atom. The van der Waals surface area contributed by atoms with Gasteiger partial charge in [0, 0.05) is 10.2 Å². The standard InChI is InChI=1S/C15H13BrFNO3/c1-21-11-5-3-10(4-6-11)18-14(15(19)20)12-7-2-9(17)8-13(12)16/h2-8,14,18H,1H3,(H,19,20). The lowest BCUT2D eigenvalue weighted by atomic mass is 10.1. The summed E-state index contributed by atoms with van der Waals surface area (Å²) in [6, 6.07) is 9.79. The number of carboxylic acids is 1. The summed E-state index contributed by atoms with van der Waals surface area (Å²) in [5.74, 6) is -0.812. The van der Waals surface area contributed by atoms with E-state index in [1.54, 1.807) is 31.4 Å². The molecule has 0 saturated carbocycles. The van der Waals surface area contributed by atoms with E-state index in [-0.39, 0.29) is 0 Å². The molecule has 0 aromatic heterocycles. The zero-order chi connectivity index (χ0) is 15.4. The molecule has 0 spiro atoms. The molecule has 0 bridgehead atoms. The monoisotopic (exact) mass is 353 g/mol. The Kier molecular flexibility index (Phi) is 4.80. The summed E-state index contributed by atoms with van der Waals surface area (Å²) in [5.41, 5.74) is 1.07. The summed E-state index contributed by atoms with van der Waals surface area (Å²) in [5, 5.41) is 12.3. The van der Waals surface area contributed by atoms with Crippen LogP contribution < -0.4 is 10.1 Å². The third-order valence-electron chi connectivity index (χ3n) is 2.92. The molecule has 2 aromatic rings. The van der Waals surface area contributed by atoms with E-state index in [0.29, 0.717) is 21.5 Å².